The van der Waals surface area contributed by atoms with Crippen molar-refractivity contribution in [3.8, 4) is 26.9 Å². The highest BCUT2D eigenvalue weighted by Crippen LogP contribution is 2.35. The SMILES string of the molecule is CC1C(Oc2ccc(-c3ccc(-c4cn[nH]c4)s3)nn2)CCN(C)C1(C)C.Cl. The van der Waals surface area contributed by atoms with Crippen molar-refractivity contribution >= 4 is 23.7 Å². The molecule has 3 aromatic heterocycles. The van der Waals surface area contributed by atoms with Gasteiger partial charge in [-0.2, -0.15) is 5.10 Å². The van der Waals surface area contributed by atoms with Gasteiger partial charge in [0.25, 0.3) is 0 Å². The lowest BCUT2D eigenvalue weighted by Gasteiger charge is -2.48. The number of rotatable bonds is 4. The fourth-order valence-corrected chi connectivity index (χ4v) is 4.46. The highest BCUT2D eigenvalue weighted by atomic mass is 35.5. The first kappa shape index (κ1) is 20.8. The van der Waals surface area contributed by atoms with E-state index >= 15 is 0 Å². The van der Waals surface area contributed by atoms with Gasteiger partial charge in [-0.25, -0.2) is 0 Å². The first-order valence-electron chi connectivity index (χ1n) is 9.26. The summed E-state index contributed by atoms with van der Waals surface area (Å²) in [6, 6.07) is 8.06. The van der Waals surface area contributed by atoms with Crippen LogP contribution < -0.4 is 4.74 Å². The van der Waals surface area contributed by atoms with Crippen LogP contribution in [0.4, 0.5) is 0 Å². The minimum absolute atomic E-state index is 0. The predicted octanol–water partition coefficient (Wildman–Crippen LogP) is 4.51. The molecule has 4 heterocycles. The van der Waals surface area contributed by atoms with E-state index in [2.05, 4.69) is 65.2 Å². The summed E-state index contributed by atoms with van der Waals surface area (Å²) in [6.07, 6.45) is 4.87. The molecule has 1 aliphatic rings. The Hall–Kier alpha value is -1.96. The molecule has 1 aliphatic heterocycles. The van der Waals surface area contributed by atoms with Crippen LogP contribution in [0.25, 0.3) is 21.0 Å². The first-order chi connectivity index (χ1) is 12.9. The van der Waals surface area contributed by atoms with Crippen LogP contribution in [-0.2, 0) is 0 Å². The molecule has 4 rings (SSSR count). The molecule has 3 aromatic rings. The van der Waals surface area contributed by atoms with Crippen LogP contribution in [0.5, 0.6) is 5.88 Å². The molecule has 1 N–H and O–H groups in total. The lowest BCUT2D eigenvalue weighted by atomic mass is 9.79. The van der Waals surface area contributed by atoms with E-state index in [4.69, 9.17) is 4.74 Å². The molecule has 150 valence electrons. The number of piperidine rings is 1. The molecule has 0 radical (unpaired) electrons. The molecule has 0 saturated carbocycles. The van der Waals surface area contributed by atoms with E-state index in [0.717, 1.165) is 34.0 Å². The van der Waals surface area contributed by atoms with Crippen LogP contribution in [0.2, 0.25) is 0 Å². The number of thiophene rings is 1. The van der Waals surface area contributed by atoms with E-state index in [9.17, 15) is 0 Å². The quantitative estimate of drug-likeness (QED) is 0.673. The molecule has 0 aromatic carbocycles. The number of ether oxygens (including phenoxy) is 1. The largest absolute Gasteiger partial charge is 0.473 e. The molecule has 2 unspecified atom stereocenters. The Morgan fingerprint density at radius 3 is 2.64 bits per heavy atom. The predicted molar refractivity (Wildman–Crippen MR) is 115 cm³/mol. The molecule has 0 amide bonds. The molecule has 1 saturated heterocycles. The normalized spacial score (nSPS) is 21.9. The second kappa shape index (κ2) is 8.19. The Morgan fingerprint density at radius 2 is 1.96 bits per heavy atom. The molecular formula is C20H26ClN5OS. The zero-order valence-electron chi connectivity index (χ0n) is 16.5. The van der Waals surface area contributed by atoms with Crippen LogP contribution in [-0.4, -0.2) is 50.5 Å². The van der Waals surface area contributed by atoms with Gasteiger partial charge in [0.15, 0.2) is 0 Å². The third kappa shape index (κ3) is 3.92. The van der Waals surface area contributed by atoms with Crippen molar-refractivity contribution in [2.75, 3.05) is 13.6 Å². The van der Waals surface area contributed by atoms with Crippen LogP contribution in [0.3, 0.4) is 0 Å². The van der Waals surface area contributed by atoms with Gasteiger partial charge in [-0.15, -0.1) is 33.9 Å². The van der Waals surface area contributed by atoms with Crippen molar-refractivity contribution in [2.45, 2.75) is 38.8 Å². The Kier molecular flexibility index (Phi) is 6.07. The molecule has 2 atom stereocenters. The highest BCUT2D eigenvalue weighted by molar-refractivity contribution is 7.18. The molecule has 1 fully saturated rings. The van der Waals surface area contributed by atoms with E-state index in [1.807, 2.05) is 24.5 Å². The van der Waals surface area contributed by atoms with E-state index in [1.165, 1.54) is 0 Å². The zero-order chi connectivity index (χ0) is 19.0. The third-order valence-corrected chi connectivity index (χ3v) is 7.12. The number of likely N-dealkylation sites (tertiary alicyclic amines) is 1. The summed E-state index contributed by atoms with van der Waals surface area (Å²) in [6.45, 7) is 7.83. The maximum atomic E-state index is 6.20. The van der Waals surface area contributed by atoms with Gasteiger partial charge in [-0.3, -0.25) is 5.10 Å². The van der Waals surface area contributed by atoms with Crippen LogP contribution >= 0.6 is 23.7 Å². The first-order valence-corrected chi connectivity index (χ1v) is 10.1. The van der Waals surface area contributed by atoms with Gasteiger partial charge < -0.3 is 9.64 Å². The summed E-state index contributed by atoms with van der Waals surface area (Å²) in [7, 11) is 2.18. The minimum Gasteiger partial charge on any atom is -0.473 e. The van der Waals surface area contributed by atoms with Gasteiger partial charge in [-0.05, 0) is 45.5 Å². The van der Waals surface area contributed by atoms with Crippen LogP contribution in [0.15, 0.2) is 36.7 Å². The summed E-state index contributed by atoms with van der Waals surface area (Å²) in [5.41, 5.74) is 2.05. The van der Waals surface area contributed by atoms with Gasteiger partial charge in [-0.1, -0.05) is 6.92 Å². The molecular weight excluding hydrogens is 394 g/mol. The fraction of sp³-hybridized carbons (Fsp3) is 0.450. The summed E-state index contributed by atoms with van der Waals surface area (Å²) in [5, 5.41) is 15.6. The molecule has 8 heteroatoms. The lowest BCUT2D eigenvalue weighted by Crippen LogP contribution is -2.56. The Balaban J connectivity index is 0.00000225. The Bertz CT molecular complexity index is 894. The van der Waals surface area contributed by atoms with Crippen molar-refractivity contribution in [3.05, 3.63) is 36.7 Å². The van der Waals surface area contributed by atoms with Crippen molar-refractivity contribution in [1.82, 2.24) is 25.3 Å². The fourth-order valence-electron chi connectivity index (χ4n) is 3.51. The molecule has 6 nitrogen and oxygen atoms in total. The number of hydrogen-bond acceptors (Lipinski definition) is 6. The summed E-state index contributed by atoms with van der Waals surface area (Å²) < 4.78 is 6.20. The molecule has 0 bridgehead atoms. The van der Waals surface area contributed by atoms with Gasteiger partial charge in [0.1, 0.15) is 11.8 Å². The summed E-state index contributed by atoms with van der Waals surface area (Å²) >= 11 is 1.68. The average molecular weight is 420 g/mol. The third-order valence-electron chi connectivity index (χ3n) is 5.96. The number of aromatic amines is 1. The van der Waals surface area contributed by atoms with Crippen molar-refractivity contribution in [1.29, 1.82) is 0 Å². The highest BCUT2D eigenvalue weighted by Gasteiger charge is 2.40. The van der Waals surface area contributed by atoms with E-state index in [0.29, 0.717) is 11.8 Å². The topological polar surface area (TPSA) is 66.9 Å². The second-order valence-electron chi connectivity index (χ2n) is 7.72. The maximum absolute atomic E-state index is 6.20. The number of halogens is 1. The van der Waals surface area contributed by atoms with E-state index < -0.39 is 0 Å². The average Bonchev–Trinajstić information content (AvgIpc) is 3.35. The van der Waals surface area contributed by atoms with Crippen molar-refractivity contribution < 1.29 is 4.74 Å². The van der Waals surface area contributed by atoms with Crippen LogP contribution in [0.1, 0.15) is 27.2 Å². The Morgan fingerprint density at radius 1 is 1.18 bits per heavy atom. The number of nitrogens with zero attached hydrogens (tertiary/aromatic N) is 4. The van der Waals surface area contributed by atoms with Gasteiger partial charge in [0.2, 0.25) is 5.88 Å². The maximum Gasteiger partial charge on any atom is 0.233 e. The molecule has 0 aliphatic carbocycles. The van der Waals surface area contributed by atoms with Gasteiger partial charge >= 0.3 is 0 Å². The smallest absolute Gasteiger partial charge is 0.233 e. The second-order valence-corrected chi connectivity index (χ2v) is 8.80. The summed E-state index contributed by atoms with van der Waals surface area (Å²) in [5.74, 6) is 1.01. The Labute approximate surface area is 175 Å². The van der Waals surface area contributed by atoms with Crippen molar-refractivity contribution in [3.63, 3.8) is 0 Å². The number of hydrogen-bond donors (Lipinski definition) is 1. The van der Waals surface area contributed by atoms with Crippen molar-refractivity contribution in [2.24, 2.45) is 5.92 Å². The lowest BCUT2D eigenvalue weighted by molar-refractivity contribution is -0.0301. The monoisotopic (exact) mass is 419 g/mol. The van der Waals surface area contributed by atoms with E-state index in [-0.39, 0.29) is 24.0 Å². The number of H-pyrrole nitrogens is 1. The number of aromatic nitrogens is 4. The molecule has 28 heavy (non-hydrogen) atoms. The summed E-state index contributed by atoms with van der Waals surface area (Å²) in [4.78, 5) is 4.64. The standard InChI is InChI=1S/C20H25N5OS.ClH/c1-13-16(9-10-25(4)20(13,2)3)26-19-8-5-15(23-24-19)18-7-6-17(27-18)14-11-21-22-12-14;/h5-8,11-13,16H,9-10H2,1-4H3,(H,21,22);1H. The van der Waals surface area contributed by atoms with E-state index in [1.54, 1.807) is 11.3 Å². The van der Waals surface area contributed by atoms with Crippen LogP contribution in [0, 0.1) is 5.92 Å². The van der Waals surface area contributed by atoms with Gasteiger partial charge in [0.05, 0.1) is 11.1 Å². The zero-order valence-corrected chi connectivity index (χ0v) is 18.2. The van der Waals surface area contributed by atoms with Gasteiger partial charge in [0, 0.05) is 40.7 Å². The minimum atomic E-state index is 0. The molecule has 0 spiro atoms. The number of nitrogens with one attached hydrogen (secondary N) is 1.